The molecule has 0 aromatic heterocycles. The third-order valence-corrected chi connectivity index (χ3v) is 6.58. The van der Waals surface area contributed by atoms with Crippen molar-refractivity contribution in [1.82, 2.24) is 4.31 Å². The fraction of sp³-hybridized carbons (Fsp3) is 0.316. The molecule has 0 bridgehead atoms. The van der Waals surface area contributed by atoms with Crippen LogP contribution in [0.1, 0.15) is 22.3 Å². The summed E-state index contributed by atoms with van der Waals surface area (Å²) in [6.45, 7) is 0.918. The van der Waals surface area contributed by atoms with E-state index in [4.69, 9.17) is 10.5 Å². The van der Waals surface area contributed by atoms with Gasteiger partial charge < -0.3 is 10.5 Å². The molecule has 6 nitrogen and oxygen atoms in total. The lowest BCUT2D eigenvalue weighted by molar-refractivity contribution is 0.1000. The summed E-state index contributed by atoms with van der Waals surface area (Å²) in [5.41, 5.74) is 6.78. The van der Waals surface area contributed by atoms with Crippen LogP contribution in [0.3, 0.4) is 0 Å². The maximum Gasteiger partial charge on any atom is 0.248 e. The van der Waals surface area contributed by atoms with Crippen LogP contribution in [0.2, 0.25) is 0 Å². The molecule has 0 aliphatic carbocycles. The van der Waals surface area contributed by atoms with Gasteiger partial charge in [0.25, 0.3) is 0 Å². The number of hydrogen-bond donors (Lipinski definition) is 1. The standard InChI is InChI=1S/C19H22N2O4S/c1-25-17-7-2-3-8-18(17)26(23,24)21-10-9-15(13-21)11-14-5-4-6-16(12-14)19(20)22/h2-8,12,15H,9-11,13H2,1H3,(H2,20,22)/t15-/m1/s1. The number of benzene rings is 2. The first-order chi connectivity index (χ1) is 12.4. The number of amides is 1. The summed E-state index contributed by atoms with van der Waals surface area (Å²) < 4.78 is 32.6. The van der Waals surface area contributed by atoms with E-state index in [2.05, 4.69) is 0 Å². The van der Waals surface area contributed by atoms with E-state index in [1.807, 2.05) is 6.07 Å². The lowest BCUT2D eigenvalue weighted by Gasteiger charge is -2.18. The molecule has 1 fully saturated rings. The monoisotopic (exact) mass is 374 g/mol. The molecule has 3 rings (SSSR count). The number of primary amides is 1. The van der Waals surface area contributed by atoms with E-state index in [9.17, 15) is 13.2 Å². The Bertz CT molecular complexity index is 911. The van der Waals surface area contributed by atoms with E-state index in [1.165, 1.54) is 11.4 Å². The van der Waals surface area contributed by atoms with Crippen LogP contribution < -0.4 is 10.5 Å². The molecular weight excluding hydrogens is 352 g/mol. The third kappa shape index (κ3) is 3.73. The average molecular weight is 374 g/mol. The Hall–Kier alpha value is -2.38. The van der Waals surface area contributed by atoms with Crippen molar-refractivity contribution in [3.05, 3.63) is 59.7 Å². The average Bonchev–Trinajstić information content (AvgIpc) is 3.11. The number of sulfonamides is 1. The number of hydrogen-bond acceptors (Lipinski definition) is 4. The summed E-state index contributed by atoms with van der Waals surface area (Å²) >= 11 is 0. The maximum atomic E-state index is 12.9. The van der Waals surface area contributed by atoms with Crippen LogP contribution in [-0.4, -0.2) is 38.8 Å². The van der Waals surface area contributed by atoms with Crippen molar-refractivity contribution in [2.75, 3.05) is 20.2 Å². The second kappa shape index (κ2) is 7.47. The lowest BCUT2D eigenvalue weighted by Crippen LogP contribution is -2.29. The zero-order valence-electron chi connectivity index (χ0n) is 14.6. The fourth-order valence-corrected chi connectivity index (χ4v) is 5.03. The van der Waals surface area contributed by atoms with E-state index < -0.39 is 15.9 Å². The van der Waals surface area contributed by atoms with Gasteiger partial charge in [0.1, 0.15) is 10.6 Å². The van der Waals surface area contributed by atoms with Gasteiger partial charge in [-0.1, -0.05) is 24.3 Å². The first-order valence-electron chi connectivity index (χ1n) is 8.43. The van der Waals surface area contributed by atoms with Crippen LogP contribution in [0.15, 0.2) is 53.4 Å². The maximum absolute atomic E-state index is 12.9. The number of methoxy groups -OCH3 is 1. The van der Waals surface area contributed by atoms with E-state index in [1.54, 1.807) is 42.5 Å². The minimum Gasteiger partial charge on any atom is -0.495 e. The Labute approximate surface area is 153 Å². The molecule has 1 aliphatic rings. The van der Waals surface area contributed by atoms with Crippen molar-refractivity contribution >= 4 is 15.9 Å². The smallest absolute Gasteiger partial charge is 0.248 e. The Balaban J connectivity index is 1.74. The van der Waals surface area contributed by atoms with Gasteiger partial charge in [-0.05, 0) is 48.6 Å². The van der Waals surface area contributed by atoms with E-state index in [0.717, 1.165) is 12.0 Å². The summed E-state index contributed by atoms with van der Waals surface area (Å²) in [4.78, 5) is 11.5. The summed E-state index contributed by atoms with van der Waals surface area (Å²) in [6.07, 6.45) is 1.48. The molecule has 26 heavy (non-hydrogen) atoms. The molecule has 1 atom stereocenters. The molecule has 2 N–H and O–H groups in total. The van der Waals surface area contributed by atoms with Gasteiger partial charge in [0.05, 0.1) is 7.11 Å². The zero-order chi connectivity index (χ0) is 18.7. The molecule has 0 radical (unpaired) electrons. The molecule has 1 amide bonds. The van der Waals surface area contributed by atoms with Crippen LogP contribution >= 0.6 is 0 Å². The number of para-hydroxylation sites is 1. The van der Waals surface area contributed by atoms with Crippen molar-refractivity contribution in [2.45, 2.75) is 17.7 Å². The number of nitrogens with two attached hydrogens (primary N) is 1. The number of carbonyl (C=O) groups is 1. The number of ether oxygens (including phenoxy) is 1. The van der Waals surface area contributed by atoms with Crippen LogP contribution in [0, 0.1) is 5.92 Å². The Morgan fingerprint density at radius 1 is 1.23 bits per heavy atom. The second-order valence-corrected chi connectivity index (χ2v) is 8.34. The first-order valence-corrected chi connectivity index (χ1v) is 9.87. The van der Waals surface area contributed by atoms with Gasteiger partial charge in [-0.3, -0.25) is 4.79 Å². The van der Waals surface area contributed by atoms with Crippen molar-refractivity contribution < 1.29 is 17.9 Å². The molecule has 0 saturated carbocycles. The quantitative estimate of drug-likeness (QED) is 0.838. The topological polar surface area (TPSA) is 89.7 Å². The van der Waals surface area contributed by atoms with E-state index >= 15 is 0 Å². The normalized spacial score (nSPS) is 18.0. The molecule has 0 spiro atoms. The number of carbonyl (C=O) groups excluding carboxylic acids is 1. The van der Waals surface area contributed by atoms with Crippen molar-refractivity contribution in [2.24, 2.45) is 11.7 Å². The van der Waals surface area contributed by atoms with Gasteiger partial charge in [-0.25, -0.2) is 8.42 Å². The number of rotatable bonds is 6. The highest BCUT2D eigenvalue weighted by Gasteiger charge is 2.34. The van der Waals surface area contributed by atoms with Crippen molar-refractivity contribution in [3.8, 4) is 5.75 Å². The van der Waals surface area contributed by atoms with Crippen LogP contribution in [0.4, 0.5) is 0 Å². The lowest BCUT2D eigenvalue weighted by atomic mass is 9.97. The van der Waals surface area contributed by atoms with Crippen LogP contribution in [-0.2, 0) is 16.4 Å². The Morgan fingerprint density at radius 3 is 2.73 bits per heavy atom. The van der Waals surface area contributed by atoms with Gasteiger partial charge in [0, 0.05) is 18.7 Å². The minimum absolute atomic E-state index is 0.193. The zero-order valence-corrected chi connectivity index (χ0v) is 15.4. The molecular formula is C19H22N2O4S. The molecule has 2 aromatic rings. The Morgan fingerprint density at radius 2 is 2.00 bits per heavy atom. The summed E-state index contributed by atoms with van der Waals surface area (Å²) in [6, 6.07) is 13.8. The molecule has 7 heteroatoms. The van der Waals surface area contributed by atoms with Gasteiger partial charge in [-0.15, -0.1) is 0 Å². The van der Waals surface area contributed by atoms with Gasteiger partial charge in [0.2, 0.25) is 15.9 Å². The summed E-state index contributed by atoms with van der Waals surface area (Å²) in [7, 11) is -2.13. The molecule has 1 saturated heterocycles. The van der Waals surface area contributed by atoms with Gasteiger partial charge in [0.15, 0.2) is 0 Å². The van der Waals surface area contributed by atoms with Crippen LogP contribution in [0.25, 0.3) is 0 Å². The largest absolute Gasteiger partial charge is 0.495 e. The highest BCUT2D eigenvalue weighted by atomic mass is 32.2. The highest BCUT2D eigenvalue weighted by Crippen LogP contribution is 2.31. The Kier molecular flexibility index (Phi) is 5.29. The molecule has 0 unspecified atom stereocenters. The molecule has 2 aromatic carbocycles. The van der Waals surface area contributed by atoms with Crippen molar-refractivity contribution in [1.29, 1.82) is 0 Å². The van der Waals surface area contributed by atoms with Crippen LogP contribution in [0.5, 0.6) is 5.75 Å². The van der Waals surface area contributed by atoms with Crippen molar-refractivity contribution in [3.63, 3.8) is 0 Å². The molecule has 138 valence electrons. The molecule has 1 aliphatic heterocycles. The summed E-state index contributed by atoms with van der Waals surface area (Å²) in [5.74, 6) is 0.0892. The third-order valence-electron chi connectivity index (χ3n) is 4.67. The first kappa shape index (κ1) is 18.4. The SMILES string of the molecule is COc1ccccc1S(=O)(=O)N1CC[C@H](Cc2cccc(C(N)=O)c2)C1. The minimum atomic E-state index is -3.59. The van der Waals surface area contributed by atoms with Gasteiger partial charge in [-0.2, -0.15) is 4.31 Å². The van der Waals surface area contributed by atoms with E-state index in [0.29, 0.717) is 30.8 Å². The molecule has 1 heterocycles. The predicted molar refractivity (Wildman–Crippen MR) is 98.5 cm³/mol. The predicted octanol–water partition coefficient (Wildman–Crippen LogP) is 2.05. The second-order valence-electron chi connectivity index (χ2n) is 6.44. The van der Waals surface area contributed by atoms with Gasteiger partial charge >= 0.3 is 0 Å². The van der Waals surface area contributed by atoms with E-state index in [-0.39, 0.29) is 10.8 Å². The number of nitrogens with zero attached hydrogens (tertiary/aromatic N) is 1. The summed E-state index contributed by atoms with van der Waals surface area (Å²) in [5, 5.41) is 0. The highest BCUT2D eigenvalue weighted by molar-refractivity contribution is 7.89. The fourth-order valence-electron chi connectivity index (χ4n) is 3.34.